The Morgan fingerprint density at radius 2 is 2.30 bits per heavy atom. The number of hydrazone groups is 1. The average Bonchev–Trinajstić information content (AvgIpc) is 2.50. The Morgan fingerprint density at radius 3 is 2.96 bits per heavy atom. The van der Waals surface area contributed by atoms with Gasteiger partial charge in [-0.25, -0.2) is 9.82 Å². The molecule has 1 atom stereocenters. The van der Waals surface area contributed by atoms with E-state index in [1.54, 1.807) is 19.1 Å². The molecule has 0 saturated carbocycles. The van der Waals surface area contributed by atoms with Crippen molar-refractivity contribution in [2.75, 3.05) is 13.2 Å². The van der Waals surface area contributed by atoms with E-state index in [4.69, 9.17) is 21.4 Å². The fourth-order valence-corrected chi connectivity index (χ4v) is 2.66. The quantitative estimate of drug-likeness (QED) is 0.809. The fraction of sp³-hybridized carbons (Fsp3) is 0.375. The second-order valence-corrected chi connectivity index (χ2v) is 5.68. The number of rotatable bonds is 5. The second kappa shape index (κ2) is 7.57. The number of amides is 1. The number of aliphatic hydroxyl groups is 1. The van der Waals surface area contributed by atoms with Crippen LogP contribution in [-0.2, 0) is 4.79 Å². The van der Waals surface area contributed by atoms with Crippen LogP contribution in [0.3, 0.4) is 0 Å². The summed E-state index contributed by atoms with van der Waals surface area (Å²) >= 11 is 6.10. The monoisotopic (exact) mass is 340 g/mol. The topological polar surface area (TPSA) is 70.9 Å². The molecule has 1 aromatic carbocycles. The fourth-order valence-electron chi connectivity index (χ4n) is 2.35. The zero-order valence-electron chi connectivity index (χ0n) is 12.9. The first-order chi connectivity index (χ1) is 11.0. The number of nitrogens with one attached hydrogen (secondary N) is 1. The molecule has 2 rings (SSSR count). The lowest BCUT2D eigenvalue weighted by molar-refractivity contribution is -0.121. The number of carbonyl (C=O) groups is 1. The Labute approximate surface area is 138 Å². The van der Waals surface area contributed by atoms with Gasteiger partial charge in [0.2, 0.25) is 5.91 Å². The molecule has 7 heteroatoms. The van der Waals surface area contributed by atoms with Gasteiger partial charge in [-0.2, -0.15) is 5.10 Å². The number of benzene rings is 1. The second-order valence-electron chi connectivity index (χ2n) is 5.30. The molecule has 0 aliphatic carbocycles. The van der Waals surface area contributed by atoms with E-state index in [1.165, 1.54) is 6.08 Å². The molecule has 5 nitrogen and oxygen atoms in total. The zero-order valence-corrected chi connectivity index (χ0v) is 13.7. The Hall–Kier alpha value is -1.92. The van der Waals surface area contributed by atoms with Crippen LogP contribution >= 0.6 is 11.6 Å². The maximum atomic E-state index is 14.6. The molecule has 1 aliphatic rings. The molecule has 0 radical (unpaired) electrons. The van der Waals surface area contributed by atoms with Crippen molar-refractivity contribution in [3.05, 3.63) is 40.2 Å². The van der Waals surface area contributed by atoms with Gasteiger partial charge in [-0.3, -0.25) is 4.79 Å². The first-order valence-electron chi connectivity index (χ1n) is 7.19. The van der Waals surface area contributed by atoms with Crippen LogP contribution in [0.25, 0.3) is 0 Å². The van der Waals surface area contributed by atoms with Crippen molar-refractivity contribution in [2.45, 2.75) is 20.3 Å². The first-order valence-corrected chi connectivity index (χ1v) is 7.57. The lowest BCUT2D eigenvalue weighted by Gasteiger charge is -2.21. The summed E-state index contributed by atoms with van der Waals surface area (Å²) in [4.78, 5) is 11.3. The summed E-state index contributed by atoms with van der Waals surface area (Å²) in [6, 6.07) is 1.61. The minimum Gasteiger partial charge on any atom is -0.488 e. The van der Waals surface area contributed by atoms with E-state index in [0.29, 0.717) is 11.3 Å². The molecule has 2 N–H and O–H groups in total. The molecule has 0 spiro atoms. The van der Waals surface area contributed by atoms with Crippen LogP contribution in [0.2, 0.25) is 5.02 Å². The molecular weight excluding hydrogens is 323 g/mol. The molecule has 124 valence electrons. The zero-order chi connectivity index (χ0) is 17.0. The predicted octanol–water partition coefficient (Wildman–Crippen LogP) is 2.57. The minimum absolute atomic E-state index is 0.0905. The van der Waals surface area contributed by atoms with Crippen LogP contribution < -0.4 is 10.2 Å². The van der Waals surface area contributed by atoms with Gasteiger partial charge in [-0.1, -0.05) is 24.6 Å². The predicted molar refractivity (Wildman–Crippen MR) is 86.3 cm³/mol. The van der Waals surface area contributed by atoms with Gasteiger partial charge in [0.25, 0.3) is 0 Å². The summed E-state index contributed by atoms with van der Waals surface area (Å²) in [5.74, 6) is -0.767. The van der Waals surface area contributed by atoms with Crippen molar-refractivity contribution in [1.29, 1.82) is 0 Å². The summed E-state index contributed by atoms with van der Waals surface area (Å²) in [5.41, 5.74) is 3.75. The van der Waals surface area contributed by atoms with Gasteiger partial charge >= 0.3 is 0 Å². The Morgan fingerprint density at radius 1 is 1.57 bits per heavy atom. The number of aliphatic hydroxyl groups excluding tert-OH is 1. The van der Waals surface area contributed by atoms with Crippen molar-refractivity contribution >= 4 is 23.2 Å². The van der Waals surface area contributed by atoms with Crippen LogP contribution in [0.4, 0.5) is 4.39 Å². The summed E-state index contributed by atoms with van der Waals surface area (Å²) in [6.07, 6.45) is 3.39. The van der Waals surface area contributed by atoms with Gasteiger partial charge in [0.05, 0.1) is 12.3 Å². The van der Waals surface area contributed by atoms with E-state index in [-0.39, 0.29) is 47.8 Å². The molecule has 0 saturated heterocycles. The molecule has 1 unspecified atom stereocenters. The van der Waals surface area contributed by atoms with Crippen LogP contribution in [0, 0.1) is 18.7 Å². The first kappa shape index (κ1) is 17.4. The van der Waals surface area contributed by atoms with Gasteiger partial charge in [0, 0.05) is 17.9 Å². The average molecular weight is 341 g/mol. The highest BCUT2D eigenvalue weighted by Gasteiger charge is 2.26. The largest absolute Gasteiger partial charge is 0.488 e. The van der Waals surface area contributed by atoms with Crippen LogP contribution in [-0.4, -0.2) is 29.9 Å². The summed E-state index contributed by atoms with van der Waals surface area (Å²) in [5, 5.41) is 12.5. The summed E-state index contributed by atoms with van der Waals surface area (Å²) < 4.78 is 20.1. The molecule has 1 aliphatic heterocycles. The molecule has 0 fully saturated rings. The van der Waals surface area contributed by atoms with Crippen molar-refractivity contribution in [3.63, 3.8) is 0 Å². The van der Waals surface area contributed by atoms with Crippen LogP contribution in [0.1, 0.15) is 24.5 Å². The normalized spacial score (nSPS) is 18.0. The van der Waals surface area contributed by atoms with E-state index < -0.39 is 5.82 Å². The molecule has 0 aromatic heterocycles. The van der Waals surface area contributed by atoms with E-state index in [2.05, 4.69) is 10.5 Å². The van der Waals surface area contributed by atoms with E-state index in [1.807, 2.05) is 6.92 Å². The lowest BCUT2D eigenvalue weighted by Crippen LogP contribution is -2.32. The van der Waals surface area contributed by atoms with Crippen molar-refractivity contribution in [1.82, 2.24) is 5.43 Å². The number of nitrogens with zero attached hydrogens (tertiary/aromatic N) is 1. The maximum absolute atomic E-state index is 14.6. The third-order valence-electron chi connectivity index (χ3n) is 3.48. The number of hydrogen-bond acceptors (Lipinski definition) is 4. The number of aryl methyl sites for hydroxylation is 1. The van der Waals surface area contributed by atoms with Crippen LogP contribution in [0.15, 0.2) is 23.3 Å². The molecule has 1 amide bonds. The molecule has 0 bridgehead atoms. The third-order valence-corrected chi connectivity index (χ3v) is 3.82. The Kier molecular flexibility index (Phi) is 5.74. The SMILES string of the molecule is Cc1cc(C2=NNC(=O)CC2C)c(F)c(Cl)c1OC/C=C\CO. The van der Waals surface area contributed by atoms with Crippen molar-refractivity contribution < 1.29 is 19.0 Å². The standard InChI is InChI=1S/C16H18ClFN2O3/c1-9-8-12(22)19-20-15(9)11-7-10(2)16(13(17)14(11)18)23-6-4-3-5-21/h3-4,7,9,21H,5-6,8H2,1-2H3,(H,19,22)/b4-3-. The molecule has 23 heavy (non-hydrogen) atoms. The van der Waals surface area contributed by atoms with Gasteiger partial charge < -0.3 is 9.84 Å². The number of carbonyl (C=O) groups excluding carboxylic acids is 1. The highest BCUT2D eigenvalue weighted by molar-refractivity contribution is 6.33. The van der Waals surface area contributed by atoms with Crippen LogP contribution in [0.5, 0.6) is 5.75 Å². The third kappa shape index (κ3) is 3.89. The van der Waals surface area contributed by atoms with Gasteiger partial charge in [-0.05, 0) is 24.6 Å². The minimum atomic E-state index is -0.625. The maximum Gasteiger partial charge on any atom is 0.240 e. The number of halogens is 2. The Bertz CT molecular complexity index is 674. The van der Waals surface area contributed by atoms with E-state index >= 15 is 0 Å². The summed E-state index contributed by atoms with van der Waals surface area (Å²) in [6.45, 7) is 3.65. The van der Waals surface area contributed by atoms with Gasteiger partial charge in [0.15, 0.2) is 5.82 Å². The number of ether oxygens (including phenoxy) is 1. The van der Waals surface area contributed by atoms with Crippen molar-refractivity contribution in [2.24, 2.45) is 11.0 Å². The highest BCUT2D eigenvalue weighted by Crippen LogP contribution is 2.35. The number of hydrogen-bond donors (Lipinski definition) is 2. The smallest absolute Gasteiger partial charge is 0.240 e. The lowest BCUT2D eigenvalue weighted by atomic mass is 9.92. The van der Waals surface area contributed by atoms with E-state index in [0.717, 1.165) is 0 Å². The van der Waals surface area contributed by atoms with E-state index in [9.17, 15) is 9.18 Å². The molecule has 1 aromatic rings. The highest BCUT2D eigenvalue weighted by atomic mass is 35.5. The van der Waals surface area contributed by atoms with Gasteiger partial charge in [0.1, 0.15) is 17.4 Å². The van der Waals surface area contributed by atoms with Crippen molar-refractivity contribution in [3.8, 4) is 5.75 Å². The molecule has 1 heterocycles. The van der Waals surface area contributed by atoms with Gasteiger partial charge in [-0.15, -0.1) is 0 Å². The summed E-state index contributed by atoms with van der Waals surface area (Å²) in [7, 11) is 0. The molecular formula is C16H18ClFN2O3. The Balaban J connectivity index is 2.34.